The topological polar surface area (TPSA) is 103 Å². The lowest BCUT2D eigenvalue weighted by atomic mass is 10.2. The molecule has 0 bridgehead atoms. The largest absolute Gasteiger partial charge is 0.454 e. The molecule has 162 valence electrons. The molecule has 0 amide bonds. The number of hydrogen-bond donors (Lipinski definition) is 1. The monoisotopic (exact) mass is 449 g/mol. The van der Waals surface area contributed by atoms with Crippen molar-refractivity contribution in [1.82, 2.24) is 0 Å². The van der Waals surface area contributed by atoms with Crippen LogP contribution < -0.4 is 4.72 Å². The summed E-state index contributed by atoms with van der Waals surface area (Å²) in [6.07, 6.45) is 0. The summed E-state index contributed by atoms with van der Waals surface area (Å²) in [5, 5.41) is 0.765. The Morgan fingerprint density at radius 1 is 0.938 bits per heavy atom. The van der Waals surface area contributed by atoms with Gasteiger partial charge in [-0.3, -0.25) is 9.52 Å². The minimum atomic E-state index is -3.91. The molecule has 4 aromatic rings. The molecular weight excluding hydrogens is 430 g/mol. The number of benzene rings is 3. The third kappa shape index (κ3) is 4.70. The van der Waals surface area contributed by atoms with Crippen molar-refractivity contribution < 1.29 is 27.2 Å². The number of hydrogen-bond acceptors (Lipinski definition) is 6. The van der Waals surface area contributed by atoms with Gasteiger partial charge in [-0.05, 0) is 49.4 Å². The zero-order valence-electron chi connectivity index (χ0n) is 17.1. The van der Waals surface area contributed by atoms with Gasteiger partial charge in [0.1, 0.15) is 5.58 Å². The first-order valence-corrected chi connectivity index (χ1v) is 11.2. The normalized spacial score (nSPS) is 11.3. The molecule has 0 aliphatic carbocycles. The summed E-state index contributed by atoms with van der Waals surface area (Å²) in [7, 11) is -3.91. The molecule has 1 N–H and O–H groups in total. The molecule has 3 aromatic carbocycles. The smallest absolute Gasteiger partial charge is 0.338 e. The molecule has 0 saturated heterocycles. The second-order valence-electron chi connectivity index (χ2n) is 7.15. The molecule has 0 radical (unpaired) electrons. The highest BCUT2D eigenvalue weighted by atomic mass is 32.2. The van der Waals surface area contributed by atoms with E-state index in [1.54, 1.807) is 48.5 Å². The molecule has 0 saturated carbocycles. The Morgan fingerprint density at radius 2 is 1.69 bits per heavy atom. The summed E-state index contributed by atoms with van der Waals surface area (Å²) in [5.74, 6) is -1.24. The number of nitrogens with one attached hydrogen (secondary N) is 1. The summed E-state index contributed by atoms with van der Waals surface area (Å²) < 4.78 is 38.3. The minimum Gasteiger partial charge on any atom is -0.454 e. The predicted molar refractivity (Wildman–Crippen MR) is 119 cm³/mol. The third-order valence-electron chi connectivity index (χ3n) is 4.72. The summed E-state index contributed by atoms with van der Waals surface area (Å²) in [5.41, 5.74) is 1.96. The van der Waals surface area contributed by atoms with Crippen LogP contribution in [0.3, 0.4) is 0 Å². The molecule has 4 rings (SSSR count). The van der Waals surface area contributed by atoms with Gasteiger partial charge in [0, 0.05) is 11.1 Å². The van der Waals surface area contributed by atoms with E-state index < -0.39 is 28.4 Å². The zero-order chi connectivity index (χ0) is 22.7. The predicted octanol–water partition coefficient (Wildman–Crippen LogP) is 4.58. The van der Waals surface area contributed by atoms with Gasteiger partial charge in [0.25, 0.3) is 10.0 Å². The number of carbonyl (C=O) groups excluding carboxylic acids is 2. The van der Waals surface area contributed by atoms with Crippen LogP contribution in [0.4, 0.5) is 5.69 Å². The quantitative estimate of drug-likeness (QED) is 0.327. The molecule has 0 fully saturated rings. The second-order valence-corrected chi connectivity index (χ2v) is 8.83. The van der Waals surface area contributed by atoms with E-state index in [0.717, 1.165) is 10.9 Å². The van der Waals surface area contributed by atoms with Crippen molar-refractivity contribution in [2.24, 2.45) is 0 Å². The van der Waals surface area contributed by atoms with Gasteiger partial charge in [-0.25, -0.2) is 13.2 Å². The number of aryl methyl sites for hydroxylation is 1. The van der Waals surface area contributed by atoms with Gasteiger partial charge >= 0.3 is 5.97 Å². The molecule has 8 heteroatoms. The Labute approximate surface area is 184 Å². The lowest BCUT2D eigenvalue weighted by Crippen LogP contribution is -2.16. The Balaban J connectivity index is 1.44. The first kappa shape index (κ1) is 21.3. The number of carbonyl (C=O) groups is 2. The number of para-hydroxylation sites is 1. The Bertz CT molecular complexity index is 1370. The molecule has 0 aliphatic rings. The highest BCUT2D eigenvalue weighted by molar-refractivity contribution is 7.92. The molecule has 32 heavy (non-hydrogen) atoms. The van der Waals surface area contributed by atoms with E-state index in [1.165, 1.54) is 24.3 Å². The van der Waals surface area contributed by atoms with E-state index in [2.05, 4.69) is 4.72 Å². The molecule has 0 unspecified atom stereocenters. The first-order chi connectivity index (χ1) is 15.3. The van der Waals surface area contributed by atoms with Crippen LogP contribution in [0.25, 0.3) is 11.0 Å². The van der Waals surface area contributed by atoms with Crippen LogP contribution in [0.1, 0.15) is 26.5 Å². The van der Waals surface area contributed by atoms with Crippen LogP contribution >= 0.6 is 0 Å². The van der Waals surface area contributed by atoms with Crippen molar-refractivity contribution in [1.29, 1.82) is 0 Å². The number of esters is 1. The fourth-order valence-electron chi connectivity index (χ4n) is 3.03. The maximum atomic E-state index is 12.7. The Morgan fingerprint density at radius 3 is 2.44 bits per heavy atom. The van der Waals surface area contributed by atoms with Crippen LogP contribution in [0, 0.1) is 6.92 Å². The Kier molecular flexibility index (Phi) is 5.79. The van der Waals surface area contributed by atoms with Gasteiger partial charge in [-0.1, -0.05) is 42.0 Å². The average molecular weight is 449 g/mol. The zero-order valence-corrected chi connectivity index (χ0v) is 17.9. The van der Waals surface area contributed by atoms with Gasteiger partial charge in [0.2, 0.25) is 5.78 Å². The lowest BCUT2D eigenvalue weighted by Gasteiger charge is -2.09. The van der Waals surface area contributed by atoms with Crippen molar-refractivity contribution >= 4 is 38.4 Å². The van der Waals surface area contributed by atoms with Crippen LogP contribution in [-0.4, -0.2) is 26.8 Å². The van der Waals surface area contributed by atoms with Crippen molar-refractivity contribution in [3.05, 3.63) is 95.7 Å². The van der Waals surface area contributed by atoms with Gasteiger partial charge in [-0.2, -0.15) is 0 Å². The number of sulfonamides is 1. The van der Waals surface area contributed by atoms with Crippen LogP contribution in [0.15, 0.2) is 88.2 Å². The summed E-state index contributed by atoms with van der Waals surface area (Å²) in [4.78, 5) is 24.6. The van der Waals surface area contributed by atoms with Crippen molar-refractivity contribution in [2.45, 2.75) is 11.8 Å². The van der Waals surface area contributed by atoms with E-state index >= 15 is 0 Å². The van der Waals surface area contributed by atoms with Crippen molar-refractivity contribution in [3.63, 3.8) is 0 Å². The van der Waals surface area contributed by atoms with E-state index in [0.29, 0.717) is 11.3 Å². The van der Waals surface area contributed by atoms with Crippen LogP contribution in [0.5, 0.6) is 0 Å². The van der Waals surface area contributed by atoms with Crippen LogP contribution in [-0.2, 0) is 14.8 Å². The fourth-order valence-corrected chi connectivity index (χ4v) is 4.13. The number of ether oxygens (including phenoxy) is 1. The molecule has 7 nitrogen and oxygen atoms in total. The highest BCUT2D eigenvalue weighted by Crippen LogP contribution is 2.20. The highest BCUT2D eigenvalue weighted by Gasteiger charge is 2.19. The maximum absolute atomic E-state index is 12.7. The van der Waals surface area contributed by atoms with Gasteiger partial charge in [-0.15, -0.1) is 0 Å². The minimum absolute atomic E-state index is 0.00851. The number of fused-ring (bicyclic) bond motifs is 1. The van der Waals surface area contributed by atoms with Crippen LogP contribution in [0.2, 0.25) is 0 Å². The number of furan rings is 1. The first-order valence-electron chi connectivity index (χ1n) is 9.70. The number of rotatable bonds is 7. The molecule has 1 aromatic heterocycles. The van der Waals surface area contributed by atoms with E-state index in [1.807, 2.05) is 13.0 Å². The molecule has 1 heterocycles. The fraction of sp³-hybridized carbons (Fsp3) is 0.0833. The van der Waals surface area contributed by atoms with Gasteiger partial charge in [0.15, 0.2) is 12.4 Å². The van der Waals surface area contributed by atoms with Gasteiger partial charge in [0.05, 0.1) is 10.5 Å². The van der Waals surface area contributed by atoms with E-state index in [4.69, 9.17) is 9.15 Å². The van der Waals surface area contributed by atoms with Gasteiger partial charge < -0.3 is 9.15 Å². The average Bonchev–Trinajstić information content (AvgIpc) is 3.23. The molecule has 0 aliphatic heterocycles. The number of anilines is 1. The second kappa shape index (κ2) is 8.68. The third-order valence-corrected chi connectivity index (χ3v) is 6.10. The number of Topliss-reactive ketones (excluding diaryl/α,β-unsaturated/α-hetero) is 1. The standard InChI is InChI=1S/C24H19NO6S/c1-16-9-11-19(12-10-16)25-32(28,29)20-7-4-6-18(13-20)24(27)30-15-21(26)23-14-17-5-2-3-8-22(17)31-23/h2-14,25H,15H2,1H3. The molecule has 0 spiro atoms. The number of ketones is 1. The summed E-state index contributed by atoms with van der Waals surface area (Å²) >= 11 is 0. The molecular formula is C24H19NO6S. The van der Waals surface area contributed by atoms with Crippen molar-refractivity contribution in [3.8, 4) is 0 Å². The summed E-state index contributed by atoms with van der Waals surface area (Å²) in [6.45, 7) is 1.36. The lowest BCUT2D eigenvalue weighted by molar-refractivity contribution is 0.0468. The SMILES string of the molecule is Cc1ccc(NS(=O)(=O)c2cccc(C(=O)OCC(=O)c3cc4ccccc4o3)c2)cc1. The van der Waals surface area contributed by atoms with E-state index in [-0.39, 0.29) is 16.2 Å². The molecule has 0 atom stereocenters. The summed E-state index contributed by atoms with van der Waals surface area (Å²) in [6, 6.07) is 21.0. The maximum Gasteiger partial charge on any atom is 0.338 e. The Hall–Kier alpha value is -3.91. The van der Waals surface area contributed by atoms with E-state index in [9.17, 15) is 18.0 Å². The van der Waals surface area contributed by atoms with Crippen molar-refractivity contribution in [2.75, 3.05) is 11.3 Å².